The molecule has 1 aromatic carbocycles. The van der Waals surface area contributed by atoms with Gasteiger partial charge in [-0.15, -0.1) is 0 Å². The third-order valence-corrected chi connectivity index (χ3v) is 5.62. The summed E-state index contributed by atoms with van der Waals surface area (Å²) in [5, 5.41) is 1.15. The quantitative estimate of drug-likeness (QED) is 0.892. The minimum Gasteiger partial charge on any atom is -0.381 e. The smallest absolute Gasteiger partial charge is 0.0729 e. The zero-order chi connectivity index (χ0) is 14.9. The summed E-state index contributed by atoms with van der Waals surface area (Å²) in [6.45, 7) is 2.32. The Morgan fingerprint density at radius 2 is 1.95 bits per heavy atom. The van der Waals surface area contributed by atoms with Gasteiger partial charge in [-0.25, -0.2) is 0 Å². The highest BCUT2D eigenvalue weighted by Gasteiger charge is 2.41. The molecule has 2 aliphatic rings. The van der Waals surface area contributed by atoms with Crippen molar-refractivity contribution in [3.05, 3.63) is 33.8 Å². The summed E-state index contributed by atoms with van der Waals surface area (Å²) in [4.78, 5) is 0. The number of ether oxygens (including phenoxy) is 2. The molecule has 3 rings (SSSR count). The fourth-order valence-electron chi connectivity index (χ4n) is 3.50. The fraction of sp³-hybridized carbons (Fsp3) is 0.625. The lowest BCUT2D eigenvalue weighted by Gasteiger charge is -2.44. The molecule has 0 saturated carbocycles. The van der Waals surface area contributed by atoms with E-state index in [1.54, 1.807) is 6.07 Å². The van der Waals surface area contributed by atoms with Crippen LogP contribution >= 0.6 is 23.2 Å². The topological polar surface area (TPSA) is 44.5 Å². The van der Waals surface area contributed by atoms with Crippen molar-refractivity contribution in [2.24, 2.45) is 11.7 Å². The maximum absolute atomic E-state index is 6.50. The highest BCUT2D eigenvalue weighted by molar-refractivity contribution is 6.42. The summed E-state index contributed by atoms with van der Waals surface area (Å²) in [6, 6.07) is 5.59. The summed E-state index contributed by atoms with van der Waals surface area (Å²) in [5.41, 5.74) is 7.39. The molecule has 2 atom stereocenters. The van der Waals surface area contributed by atoms with Crippen LogP contribution in [0.3, 0.4) is 0 Å². The van der Waals surface area contributed by atoms with E-state index in [1.165, 1.54) is 0 Å². The highest BCUT2D eigenvalue weighted by atomic mass is 35.5. The Morgan fingerprint density at radius 3 is 2.71 bits per heavy atom. The second kappa shape index (κ2) is 6.43. The van der Waals surface area contributed by atoms with Gasteiger partial charge >= 0.3 is 0 Å². The van der Waals surface area contributed by atoms with Crippen molar-refractivity contribution < 1.29 is 9.47 Å². The van der Waals surface area contributed by atoms with Gasteiger partial charge in [0.1, 0.15) is 0 Å². The molecule has 2 unspecified atom stereocenters. The van der Waals surface area contributed by atoms with Crippen molar-refractivity contribution >= 4 is 23.2 Å². The second-order valence-electron chi connectivity index (χ2n) is 6.07. The average molecular weight is 330 g/mol. The Hall–Kier alpha value is -0.320. The largest absolute Gasteiger partial charge is 0.381 e. The lowest BCUT2D eigenvalue weighted by molar-refractivity contribution is -0.149. The molecule has 3 nitrogen and oxygen atoms in total. The molecular weight excluding hydrogens is 309 g/mol. The van der Waals surface area contributed by atoms with Crippen LogP contribution in [0.1, 0.15) is 37.3 Å². The van der Waals surface area contributed by atoms with Gasteiger partial charge in [-0.05, 0) is 43.2 Å². The first-order valence-corrected chi connectivity index (χ1v) is 8.28. The number of hydrogen-bond acceptors (Lipinski definition) is 3. The zero-order valence-electron chi connectivity index (χ0n) is 12.0. The van der Waals surface area contributed by atoms with Crippen LogP contribution in [0.15, 0.2) is 18.2 Å². The van der Waals surface area contributed by atoms with Gasteiger partial charge < -0.3 is 15.2 Å². The molecule has 5 heteroatoms. The number of nitrogens with two attached hydrogens (primary N) is 1. The average Bonchev–Trinajstić information content (AvgIpc) is 2.50. The van der Waals surface area contributed by atoms with Crippen LogP contribution in [0, 0.1) is 5.92 Å². The zero-order valence-corrected chi connectivity index (χ0v) is 13.5. The molecule has 1 aromatic rings. The monoisotopic (exact) mass is 329 g/mol. The van der Waals surface area contributed by atoms with Gasteiger partial charge in [-0.1, -0.05) is 35.3 Å². The molecule has 1 spiro atoms. The van der Waals surface area contributed by atoms with Crippen LogP contribution in [-0.4, -0.2) is 25.4 Å². The standard InChI is InChI=1S/C16H21Cl2NO2/c17-13-3-1-2-12(14(13)18)15(19)11-4-7-21-16(10-11)5-8-20-9-6-16/h1-3,11,15H,4-10,19H2. The summed E-state index contributed by atoms with van der Waals surface area (Å²) < 4.78 is 11.5. The van der Waals surface area contributed by atoms with Crippen LogP contribution in [0.4, 0.5) is 0 Å². The van der Waals surface area contributed by atoms with Crippen LogP contribution in [0.2, 0.25) is 10.0 Å². The fourth-order valence-corrected chi connectivity index (χ4v) is 3.93. The lowest BCUT2D eigenvalue weighted by Crippen LogP contribution is -2.46. The molecule has 116 valence electrons. The van der Waals surface area contributed by atoms with E-state index in [9.17, 15) is 0 Å². The predicted molar refractivity (Wildman–Crippen MR) is 84.9 cm³/mol. The van der Waals surface area contributed by atoms with Crippen molar-refractivity contribution in [3.63, 3.8) is 0 Å². The minimum atomic E-state index is -0.0974. The van der Waals surface area contributed by atoms with E-state index in [4.69, 9.17) is 38.4 Å². The van der Waals surface area contributed by atoms with Gasteiger partial charge in [0.15, 0.2) is 0 Å². The first-order valence-electron chi connectivity index (χ1n) is 7.52. The maximum atomic E-state index is 6.50. The first kappa shape index (κ1) is 15.6. The summed E-state index contributed by atoms with van der Waals surface area (Å²) in [6.07, 6.45) is 3.85. The van der Waals surface area contributed by atoms with Crippen molar-refractivity contribution in [1.82, 2.24) is 0 Å². The molecule has 0 amide bonds. The molecule has 2 saturated heterocycles. The number of rotatable bonds is 2. The van der Waals surface area contributed by atoms with Gasteiger partial charge in [-0.3, -0.25) is 0 Å². The van der Waals surface area contributed by atoms with Crippen LogP contribution in [0.5, 0.6) is 0 Å². The summed E-state index contributed by atoms with van der Waals surface area (Å²) in [7, 11) is 0. The number of halogens is 2. The summed E-state index contributed by atoms with van der Waals surface area (Å²) >= 11 is 12.4. The van der Waals surface area contributed by atoms with E-state index in [-0.39, 0.29) is 11.6 Å². The van der Waals surface area contributed by atoms with E-state index in [2.05, 4.69) is 0 Å². The Bertz CT molecular complexity index is 498. The predicted octanol–water partition coefficient (Wildman–Crippen LogP) is 3.97. The Morgan fingerprint density at radius 1 is 1.19 bits per heavy atom. The third kappa shape index (κ3) is 3.22. The van der Waals surface area contributed by atoms with Crippen molar-refractivity contribution in [3.8, 4) is 0 Å². The van der Waals surface area contributed by atoms with E-state index in [0.29, 0.717) is 16.0 Å². The van der Waals surface area contributed by atoms with E-state index < -0.39 is 0 Å². The SMILES string of the molecule is NC(c1cccc(Cl)c1Cl)C1CCOC2(CCOCC2)C1. The Labute approximate surface area is 135 Å². The van der Waals surface area contributed by atoms with Crippen LogP contribution in [0.25, 0.3) is 0 Å². The van der Waals surface area contributed by atoms with Gasteiger partial charge in [0.2, 0.25) is 0 Å². The molecule has 0 radical (unpaired) electrons. The Kier molecular flexibility index (Phi) is 4.77. The maximum Gasteiger partial charge on any atom is 0.0729 e. The van der Waals surface area contributed by atoms with Crippen molar-refractivity contribution in [2.75, 3.05) is 19.8 Å². The van der Waals surface area contributed by atoms with Gasteiger partial charge in [0.25, 0.3) is 0 Å². The van der Waals surface area contributed by atoms with Gasteiger partial charge in [0.05, 0.1) is 15.6 Å². The van der Waals surface area contributed by atoms with E-state index in [0.717, 1.165) is 51.1 Å². The van der Waals surface area contributed by atoms with E-state index >= 15 is 0 Å². The third-order valence-electron chi connectivity index (χ3n) is 4.78. The lowest BCUT2D eigenvalue weighted by atomic mass is 9.76. The van der Waals surface area contributed by atoms with Gasteiger partial charge in [-0.2, -0.15) is 0 Å². The molecule has 2 fully saturated rings. The molecule has 2 N–H and O–H groups in total. The summed E-state index contributed by atoms with van der Waals surface area (Å²) in [5.74, 6) is 0.368. The molecule has 0 bridgehead atoms. The molecule has 2 heterocycles. The van der Waals surface area contributed by atoms with Crippen molar-refractivity contribution in [1.29, 1.82) is 0 Å². The van der Waals surface area contributed by atoms with Crippen molar-refractivity contribution in [2.45, 2.75) is 37.3 Å². The van der Waals surface area contributed by atoms with E-state index in [1.807, 2.05) is 12.1 Å². The van der Waals surface area contributed by atoms with Crippen LogP contribution in [-0.2, 0) is 9.47 Å². The first-order chi connectivity index (χ1) is 10.1. The highest BCUT2D eigenvalue weighted by Crippen LogP contribution is 2.42. The molecule has 0 aliphatic carbocycles. The second-order valence-corrected chi connectivity index (χ2v) is 6.85. The molecule has 21 heavy (non-hydrogen) atoms. The molecule has 0 aromatic heterocycles. The number of benzene rings is 1. The minimum absolute atomic E-state index is 0.0517. The molecule has 2 aliphatic heterocycles. The number of hydrogen-bond donors (Lipinski definition) is 1. The Balaban J connectivity index is 1.78. The normalized spacial score (nSPS) is 26.7. The van der Waals surface area contributed by atoms with Gasteiger partial charge in [0, 0.05) is 25.9 Å². The molecular formula is C16H21Cl2NO2. The van der Waals surface area contributed by atoms with Crippen LogP contribution < -0.4 is 5.73 Å².